The fraction of sp³-hybridized carbons (Fsp3) is 0.0476. The molecule has 12 aromatic rings. The minimum atomic E-state index is -0.0609. The molecule has 0 unspecified atom stereocenters. The molecule has 2 heteroatoms. The van der Waals surface area contributed by atoms with Gasteiger partial charge in [0.25, 0.3) is 0 Å². The zero-order valence-corrected chi connectivity index (χ0v) is 37.0. The summed E-state index contributed by atoms with van der Waals surface area (Å²) in [5.41, 5.74) is 16.1. The van der Waals surface area contributed by atoms with Gasteiger partial charge in [-0.1, -0.05) is 172 Å². The first kappa shape index (κ1) is 37.7. The van der Waals surface area contributed by atoms with Crippen molar-refractivity contribution >= 4 is 80.9 Å². The third-order valence-electron chi connectivity index (χ3n) is 14.1. The number of fused-ring (bicyclic) bond motifs is 12. The molecule has 0 fully saturated rings. The van der Waals surface area contributed by atoms with Crippen LogP contribution < -0.4 is 4.90 Å². The van der Waals surface area contributed by atoms with Crippen LogP contribution in [0.1, 0.15) is 25.0 Å². The summed E-state index contributed by atoms with van der Waals surface area (Å²) in [6.45, 7) is 4.75. The molecule has 0 radical (unpaired) electrons. The van der Waals surface area contributed by atoms with E-state index in [0.29, 0.717) is 0 Å². The number of hydrogen-bond donors (Lipinski definition) is 0. The summed E-state index contributed by atoms with van der Waals surface area (Å²) < 4.78 is 2.65. The lowest BCUT2D eigenvalue weighted by Crippen LogP contribution is -2.14. The van der Waals surface area contributed by atoms with E-state index in [-0.39, 0.29) is 5.41 Å². The topological polar surface area (TPSA) is 3.24 Å². The average molecular weight is 846 g/mol. The van der Waals surface area contributed by atoms with Crippen molar-refractivity contribution in [3.05, 3.63) is 236 Å². The van der Waals surface area contributed by atoms with E-state index in [1.54, 1.807) is 0 Å². The molecule has 306 valence electrons. The monoisotopic (exact) mass is 845 g/mol. The molecule has 1 aliphatic carbocycles. The molecular formula is C63H43NS. The number of anilines is 3. The molecular weight excluding hydrogens is 803 g/mol. The summed E-state index contributed by atoms with van der Waals surface area (Å²) in [4.78, 5) is 2.37. The van der Waals surface area contributed by atoms with Gasteiger partial charge in [0.1, 0.15) is 0 Å². The van der Waals surface area contributed by atoms with Gasteiger partial charge in [-0.15, -0.1) is 11.3 Å². The summed E-state index contributed by atoms with van der Waals surface area (Å²) in [7, 11) is 0. The molecule has 1 nitrogen and oxygen atoms in total. The van der Waals surface area contributed by atoms with Crippen molar-refractivity contribution in [1.82, 2.24) is 0 Å². The Balaban J connectivity index is 0.888. The summed E-state index contributed by atoms with van der Waals surface area (Å²) in [5, 5.41) is 10.5. The summed E-state index contributed by atoms with van der Waals surface area (Å²) in [6.07, 6.45) is 0. The van der Waals surface area contributed by atoms with E-state index in [1.165, 1.54) is 108 Å². The Hall–Kier alpha value is -7.78. The molecule has 13 rings (SSSR count). The number of hydrogen-bond acceptors (Lipinski definition) is 2. The van der Waals surface area contributed by atoms with Crippen molar-refractivity contribution in [1.29, 1.82) is 0 Å². The standard InChI is InChI=1S/C63H43NS/c1-63(2)59-18-10-8-16-52(59)58-38-56-50-15-7-6-14-49(50)55-36-44(26-34-51(55)57(56)39-60(58)63)42-22-30-47(31-23-42)64(46-28-20-41(21-29-46)40-12-4-3-5-13-40)48-32-24-43(25-33-48)45-27-35-54-53-17-9-11-19-61(53)65-62(54)37-45/h3-39H,1-2H3. The molecule has 0 saturated heterocycles. The van der Waals surface area contributed by atoms with E-state index in [2.05, 4.69) is 243 Å². The van der Waals surface area contributed by atoms with Crippen LogP contribution in [-0.4, -0.2) is 0 Å². The van der Waals surface area contributed by atoms with E-state index in [4.69, 9.17) is 0 Å². The van der Waals surface area contributed by atoms with Gasteiger partial charge in [-0.3, -0.25) is 0 Å². The first-order chi connectivity index (χ1) is 32.0. The highest BCUT2D eigenvalue weighted by atomic mass is 32.1. The van der Waals surface area contributed by atoms with E-state index in [9.17, 15) is 0 Å². The quantitative estimate of drug-likeness (QED) is 0.151. The Bertz CT molecular complexity index is 3820. The maximum Gasteiger partial charge on any atom is 0.0462 e. The molecule has 0 aliphatic heterocycles. The van der Waals surface area contributed by atoms with E-state index in [0.717, 1.165) is 17.1 Å². The second-order valence-corrected chi connectivity index (χ2v) is 19.2. The van der Waals surface area contributed by atoms with Crippen LogP contribution in [-0.2, 0) is 5.41 Å². The van der Waals surface area contributed by atoms with Gasteiger partial charge in [0.05, 0.1) is 0 Å². The predicted octanol–water partition coefficient (Wildman–Crippen LogP) is 18.3. The number of rotatable bonds is 6. The first-order valence-electron chi connectivity index (χ1n) is 22.6. The van der Waals surface area contributed by atoms with Crippen LogP contribution in [0.3, 0.4) is 0 Å². The van der Waals surface area contributed by atoms with Crippen LogP contribution in [0.4, 0.5) is 17.1 Å². The van der Waals surface area contributed by atoms with Crippen LogP contribution in [0.2, 0.25) is 0 Å². The zero-order valence-electron chi connectivity index (χ0n) is 36.2. The van der Waals surface area contributed by atoms with Gasteiger partial charge >= 0.3 is 0 Å². The minimum Gasteiger partial charge on any atom is -0.311 e. The normalized spacial score (nSPS) is 12.9. The van der Waals surface area contributed by atoms with Crippen LogP contribution in [0.15, 0.2) is 224 Å². The predicted molar refractivity (Wildman–Crippen MR) is 280 cm³/mol. The van der Waals surface area contributed by atoms with Gasteiger partial charge in [0.2, 0.25) is 0 Å². The van der Waals surface area contributed by atoms with Crippen LogP contribution in [0.25, 0.3) is 97.0 Å². The fourth-order valence-corrected chi connectivity index (χ4v) is 11.9. The molecule has 11 aromatic carbocycles. The SMILES string of the molecule is CC1(C)c2ccccc2-c2cc3c4ccccc4c4cc(-c5ccc(N(c6ccc(-c7ccccc7)cc6)c6ccc(-c7ccc8c(c7)sc7ccccc78)cc6)cc5)ccc4c3cc21. The lowest BCUT2D eigenvalue weighted by Gasteiger charge is -2.26. The molecule has 1 heterocycles. The maximum absolute atomic E-state index is 2.49. The highest BCUT2D eigenvalue weighted by Crippen LogP contribution is 2.51. The van der Waals surface area contributed by atoms with Crippen molar-refractivity contribution in [2.24, 2.45) is 0 Å². The Kier molecular flexibility index (Phi) is 8.50. The molecule has 0 saturated carbocycles. The lowest BCUT2D eigenvalue weighted by molar-refractivity contribution is 0.661. The Morgan fingerprint density at radius 1 is 0.292 bits per heavy atom. The van der Waals surface area contributed by atoms with Crippen LogP contribution in [0, 0.1) is 0 Å². The third-order valence-corrected chi connectivity index (χ3v) is 15.2. The molecule has 0 amide bonds. The number of benzene rings is 11. The van der Waals surface area contributed by atoms with E-state index < -0.39 is 0 Å². The maximum atomic E-state index is 2.49. The Labute approximate surface area is 383 Å². The van der Waals surface area contributed by atoms with Gasteiger partial charge < -0.3 is 4.90 Å². The molecule has 0 atom stereocenters. The second-order valence-electron chi connectivity index (χ2n) is 18.1. The molecule has 0 N–H and O–H groups in total. The van der Waals surface area contributed by atoms with Crippen molar-refractivity contribution < 1.29 is 0 Å². The largest absolute Gasteiger partial charge is 0.311 e. The summed E-state index contributed by atoms with van der Waals surface area (Å²) in [5.74, 6) is 0. The van der Waals surface area contributed by atoms with Gasteiger partial charge in [0.15, 0.2) is 0 Å². The van der Waals surface area contributed by atoms with Gasteiger partial charge in [-0.25, -0.2) is 0 Å². The van der Waals surface area contributed by atoms with Gasteiger partial charge in [0, 0.05) is 42.6 Å². The Morgan fingerprint density at radius 3 is 1.40 bits per heavy atom. The Morgan fingerprint density at radius 2 is 0.738 bits per heavy atom. The van der Waals surface area contributed by atoms with E-state index >= 15 is 0 Å². The van der Waals surface area contributed by atoms with Crippen LogP contribution >= 0.6 is 11.3 Å². The summed E-state index contributed by atoms with van der Waals surface area (Å²) >= 11 is 1.87. The molecule has 1 aromatic heterocycles. The van der Waals surface area contributed by atoms with Crippen molar-refractivity contribution in [3.8, 4) is 44.5 Å². The minimum absolute atomic E-state index is 0.0609. The fourth-order valence-electron chi connectivity index (χ4n) is 10.7. The van der Waals surface area contributed by atoms with Crippen molar-refractivity contribution in [2.45, 2.75) is 19.3 Å². The van der Waals surface area contributed by atoms with E-state index in [1.807, 2.05) is 11.3 Å². The molecule has 65 heavy (non-hydrogen) atoms. The molecule has 0 bridgehead atoms. The first-order valence-corrected chi connectivity index (χ1v) is 23.4. The average Bonchev–Trinajstić information content (AvgIpc) is 3.85. The smallest absolute Gasteiger partial charge is 0.0462 e. The highest BCUT2D eigenvalue weighted by molar-refractivity contribution is 7.25. The van der Waals surface area contributed by atoms with Crippen LogP contribution in [0.5, 0.6) is 0 Å². The number of nitrogens with zero attached hydrogens (tertiary/aromatic N) is 1. The van der Waals surface area contributed by atoms with Gasteiger partial charge in [-0.05, 0) is 155 Å². The number of thiophene rings is 1. The second kappa shape index (κ2) is 14.6. The zero-order chi connectivity index (χ0) is 43.2. The van der Waals surface area contributed by atoms with Gasteiger partial charge in [-0.2, -0.15) is 0 Å². The molecule has 1 aliphatic rings. The molecule has 0 spiro atoms. The van der Waals surface area contributed by atoms with Crippen molar-refractivity contribution in [2.75, 3.05) is 4.90 Å². The summed E-state index contributed by atoms with van der Waals surface area (Å²) in [6, 6.07) is 83.3. The lowest BCUT2D eigenvalue weighted by atomic mass is 9.81. The van der Waals surface area contributed by atoms with Crippen molar-refractivity contribution in [3.63, 3.8) is 0 Å². The highest BCUT2D eigenvalue weighted by Gasteiger charge is 2.35. The third kappa shape index (κ3) is 6.05.